The number of nitrogens with zero attached hydrogens (tertiary/aromatic N) is 1. The zero-order valence-corrected chi connectivity index (χ0v) is 21.9. The predicted octanol–water partition coefficient (Wildman–Crippen LogP) is 5.55. The SMILES string of the molecule is O=C1C=C(Br)C(=O)C2=C1[C@@H](c1ccc(F)c(Br)c1)C1=CCC3C(=O)N(c4ccccc4)C(=O)C3C1C2. The van der Waals surface area contributed by atoms with Gasteiger partial charge in [-0.25, -0.2) is 4.39 Å². The van der Waals surface area contributed by atoms with Crippen molar-refractivity contribution in [3.63, 3.8) is 0 Å². The molecule has 0 spiro atoms. The molecule has 2 aromatic rings. The first-order valence-corrected chi connectivity index (χ1v) is 13.1. The van der Waals surface area contributed by atoms with Crippen LogP contribution < -0.4 is 4.90 Å². The van der Waals surface area contributed by atoms with Crippen molar-refractivity contribution in [2.75, 3.05) is 4.90 Å². The summed E-state index contributed by atoms with van der Waals surface area (Å²) in [6.45, 7) is 0. The lowest BCUT2D eigenvalue weighted by Crippen LogP contribution is -2.39. The average Bonchev–Trinajstić information content (AvgIpc) is 3.13. The quantitative estimate of drug-likeness (QED) is 0.254. The number of amides is 2. The van der Waals surface area contributed by atoms with Crippen molar-refractivity contribution in [2.24, 2.45) is 17.8 Å². The molecular formula is C28H18Br2FNO4. The highest BCUT2D eigenvalue weighted by Gasteiger charge is 2.56. The molecule has 36 heavy (non-hydrogen) atoms. The average molecular weight is 611 g/mol. The lowest BCUT2D eigenvalue weighted by atomic mass is 9.59. The minimum atomic E-state index is -0.647. The van der Waals surface area contributed by atoms with Gasteiger partial charge >= 0.3 is 0 Å². The van der Waals surface area contributed by atoms with E-state index in [1.54, 1.807) is 36.4 Å². The highest BCUT2D eigenvalue weighted by molar-refractivity contribution is 9.12. The molecule has 0 N–H and O–H groups in total. The van der Waals surface area contributed by atoms with Crippen LogP contribution >= 0.6 is 31.9 Å². The fraction of sp³-hybridized carbons (Fsp3) is 0.214. The molecule has 3 aliphatic carbocycles. The Bertz CT molecular complexity index is 1480. The number of hydrogen-bond donors (Lipinski definition) is 0. The van der Waals surface area contributed by atoms with Crippen molar-refractivity contribution in [1.82, 2.24) is 0 Å². The molecule has 1 aliphatic heterocycles. The Morgan fingerprint density at radius 1 is 0.917 bits per heavy atom. The Morgan fingerprint density at radius 3 is 2.39 bits per heavy atom. The normalized spacial score (nSPS) is 27.5. The van der Waals surface area contributed by atoms with Crippen LogP contribution in [0.2, 0.25) is 0 Å². The lowest BCUT2D eigenvalue weighted by Gasteiger charge is -2.42. The Hall–Kier alpha value is -2.97. The summed E-state index contributed by atoms with van der Waals surface area (Å²) in [6, 6.07) is 13.4. The van der Waals surface area contributed by atoms with Crippen LogP contribution in [0.4, 0.5) is 10.1 Å². The number of carbonyl (C=O) groups excluding carboxylic acids is 4. The van der Waals surface area contributed by atoms with E-state index >= 15 is 0 Å². The third-order valence-electron chi connectivity index (χ3n) is 7.62. The van der Waals surface area contributed by atoms with Gasteiger partial charge in [0.2, 0.25) is 11.8 Å². The largest absolute Gasteiger partial charge is 0.290 e. The molecule has 4 aliphatic rings. The van der Waals surface area contributed by atoms with E-state index < -0.39 is 29.5 Å². The smallest absolute Gasteiger partial charge is 0.238 e. The van der Waals surface area contributed by atoms with Crippen LogP contribution in [0.3, 0.4) is 0 Å². The molecule has 1 heterocycles. The molecule has 6 rings (SSSR count). The van der Waals surface area contributed by atoms with Crippen molar-refractivity contribution >= 4 is 60.9 Å². The van der Waals surface area contributed by atoms with Crippen LogP contribution in [0.5, 0.6) is 0 Å². The van der Waals surface area contributed by atoms with E-state index in [-0.39, 0.29) is 38.8 Å². The first-order valence-electron chi connectivity index (χ1n) is 11.5. The molecule has 180 valence electrons. The monoisotopic (exact) mass is 609 g/mol. The Morgan fingerprint density at radius 2 is 1.67 bits per heavy atom. The summed E-state index contributed by atoms with van der Waals surface area (Å²) < 4.78 is 14.5. The van der Waals surface area contributed by atoms with Crippen LogP contribution in [-0.4, -0.2) is 23.4 Å². The second-order valence-electron chi connectivity index (χ2n) is 9.41. The minimum absolute atomic E-state index is 0.171. The van der Waals surface area contributed by atoms with Gasteiger partial charge in [-0.15, -0.1) is 0 Å². The summed E-state index contributed by atoms with van der Waals surface area (Å²) in [7, 11) is 0. The summed E-state index contributed by atoms with van der Waals surface area (Å²) >= 11 is 6.45. The van der Waals surface area contributed by atoms with Gasteiger partial charge in [0, 0.05) is 23.1 Å². The molecule has 0 bridgehead atoms. The molecule has 5 nitrogen and oxygen atoms in total. The number of Topliss-reactive ketones (excluding diaryl/α,β-unsaturated/α-hetero) is 1. The molecule has 0 aromatic heterocycles. The van der Waals surface area contributed by atoms with Gasteiger partial charge in [-0.2, -0.15) is 0 Å². The number of anilines is 1. The van der Waals surface area contributed by atoms with E-state index in [4.69, 9.17) is 0 Å². The minimum Gasteiger partial charge on any atom is -0.290 e. The molecule has 3 unspecified atom stereocenters. The van der Waals surface area contributed by atoms with E-state index in [2.05, 4.69) is 31.9 Å². The number of para-hydroxylation sites is 1. The van der Waals surface area contributed by atoms with Gasteiger partial charge in [-0.1, -0.05) is 35.9 Å². The number of carbonyl (C=O) groups is 4. The summed E-state index contributed by atoms with van der Waals surface area (Å²) in [6.07, 6.45) is 3.77. The van der Waals surface area contributed by atoms with Gasteiger partial charge in [0.15, 0.2) is 11.6 Å². The molecule has 1 saturated heterocycles. The van der Waals surface area contributed by atoms with Gasteiger partial charge < -0.3 is 0 Å². The molecule has 2 aromatic carbocycles. The highest BCUT2D eigenvalue weighted by Crippen LogP contribution is 2.55. The van der Waals surface area contributed by atoms with E-state index in [0.29, 0.717) is 28.8 Å². The van der Waals surface area contributed by atoms with Crippen LogP contribution in [0, 0.1) is 23.6 Å². The second kappa shape index (κ2) is 8.56. The fourth-order valence-corrected chi connectivity index (χ4v) is 6.95. The molecule has 2 amide bonds. The first-order chi connectivity index (χ1) is 17.3. The summed E-state index contributed by atoms with van der Waals surface area (Å²) in [4.78, 5) is 54.8. The van der Waals surface area contributed by atoms with Crippen LogP contribution in [-0.2, 0) is 19.2 Å². The molecule has 0 radical (unpaired) electrons. The van der Waals surface area contributed by atoms with Crippen LogP contribution in [0.1, 0.15) is 24.3 Å². The lowest BCUT2D eigenvalue weighted by molar-refractivity contribution is -0.123. The van der Waals surface area contributed by atoms with Crippen molar-refractivity contribution < 1.29 is 23.6 Å². The molecule has 4 atom stereocenters. The van der Waals surface area contributed by atoms with Gasteiger partial charge in [-0.3, -0.25) is 24.1 Å². The molecule has 1 fully saturated rings. The Kier molecular flexibility index (Phi) is 5.57. The molecular weight excluding hydrogens is 593 g/mol. The number of rotatable bonds is 2. The number of ketones is 2. The van der Waals surface area contributed by atoms with Gasteiger partial charge in [0.25, 0.3) is 0 Å². The van der Waals surface area contributed by atoms with E-state index in [9.17, 15) is 23.6 Å². The van der Waals surface area contributed by atoms with Crippen molar-refractivity contribution in [2.45, 2.75) is 18.8 Å². The van der Waals surface area contributed by atoms with Crippen molar-refractivity contribution in [3.8, 4) is 0 Å². The van der Waals surface area contributed by atoms with Crippen molar-refractivity contribution in [3.05, 3.63) is 97.7 Å². The summed E-state index contributed by atoms with van der Waals surface area (Å²) in [5.74, 6) is -3.80. The van der Waals surface area contributed by atoms with Gasteiger partial charge in [0.05, 0.1) is 26.5 Å². The number of imide groups is 1. The maximum atomic E-state index is 14.1. The third-order valence-corrected chi connectivity index (χ3v) is 8.82. The zero-order valence-electron chi connectivity index (χ0n) is 18.7. The fourth-order valence-electron chi connectivity index (χ4n) is 6.11. The first kappa shape index (κ1) is 23.4. The molecule has 0 saturated carbocycles. The van der Waals surface area contributed by atoms with Gasteiger partial charge in [-0.05, 0) is 80.4 Å². The number of benzene rings is 2. The maximum absolute atomic E-state index is 14.1. The van der Waals surface area contributed by atoms with E-state index in [1.807, 2.05) is 12.1 Å². The summed E-state index contributed by atoms with van der Waals surface area (Å²) in [5, 5.41) is 0. The standard InChI is InChI=1S/C28H18Br2FNO4/c29-19-10-13(6-9-21(19)31)23-15-7-8-16-24(28(36)32(27(16)35)14-4-2-1-3-5-14)17(15)11-18-25(23)22(33)12-20(30)26(18)34/h1-7,9-10,12,16-17,23-24H,8,11H2/t16?,17?,23-,24?/m0/s1. The molecule has 8 heteroatoms. The van der Waals surface area contributed by atoms with Crippen LogP contribution in [0.25, 0.3) is 0 Å². The number of hydrogen-bond acceptors (Lipinski definition) is 4. The second-order valence-corrected chi connectivity index (χ2v) is 11.1. The third kappa shape index (κ3) is 3.38. The highest BCUT2D eigenvalue weighted by atomic mass is 79.9. The maximum Gasteiger partial charge on any atom is 0.238 e. The number of allylic oxidation sites excluding steroid dienone is 6. The number of halogens is 3. The van der Waals surface area contributed by atoms with E-state index in [1.165, 1.54) is 17.0 Å². The number of fused-ring (bicyclic) bond motifs is 3. The van der Waals surface area contributed by atoms with Crippen molar-refractivity contribution in [1.29, 1.82) is 0 Å². The zero-order chi connectivity index (χ0) is 25.3. The predicted molar refractivity (Wildman–Crippen MR) is 138 cm³/mol. The summed E-state index contributed by atoms with van der Waals surface area (Å²) in [5.41, 5.74) is 2.71. The van der Waals surface area contributed by atoms with Crippen LogP contribution in [0.15, 0.2) is 86.4 Å². The Labute approximate surface area is 223 Å². The van der Waals surface area contributed by atoms with Gasteiger partial charge in [0.1, 0.15) is 5.82 Å². The topological polar surface area (TPSA) is 71.5 Å². The van der Waals surface area contributed by atoms with E-state index in [0.717, 1.165) is 5.57 Å². The Balaban J connectivity index is 1.50.